The lowest BCUT2D eigenvalue weighted by Crippen LogP contribution is -2.18. The third-order valence-electron chi connectivity index (χ3n) is 2.80. The van der Waals surface area contributed by atoms with Crippen LogP contribution in [-0.2, 0) is 0 Å². The largest absolute Gasteiger partial charge is 0.375 e. The summed E-state index contributed by atoms with van der Waals surface area (Å²) >= 11 is 5.70. The number of nitrogens with zero attached hydrogens (tertiary/aromatic N) is 1. The van der Waals surface area contributed by atoms with E-state index in [0.29, 0.717) is 0 Å². The summed E-state index contributed by atoms with van der Waals surface area (Å²) in [6.07, 6.45) is 1.02. The molecule has 0 radical (unpaired) electrons. The summed E-state index contributed by atoms with van der Waals surface area (Å²) in [5.41, 5.74) is 1.25. The number of alkyl halides is 1. The van der Waals surface area contributed by atoms with Crippen LogP contribution in [0.2, 0.25) is 0 Å². The van der Waals surface area contributed by atoms with Crippen LogP contribution in [0.25, 0.3) is 10.8 Å². The normalized spacial score (nSPS) is 10.6. The van der Waals surface area contributed by atoms with Gasteiger partial charge in [-0.25, -0.2) is 0 Å². The molecule has 84 valence electrons. The monoisotopic (exact) mass is 233 g/mol. The Hall–Kier alpha value is -1.21. The number of fused-ring (bicyclic) bond motifs is 1. The van der Waals surface area contributed by atoms with E-state index in [1.807, 2.05) is 0 Å². The maximum absolute atomic E-state index is 5.70. The predicted octanol–water partition coefficient (Wildman–Crippen LogP) is 3.90. The molecule has 2 aromatic carbocycles. The molecule has 2 heteroatoms. The number of hydrogen-bond donors (Lipinski definition) is 0. The summed E-state index contributed by atoms with van der Waals surface area (Å²) in [4.78, 5) is 2.24. The Morgan fingerprint density at radius 3 is 2.56 bits per heavy atom. The minimum absolute atomic E-state index is 0.720. The molecule has 0 saturated heterocycles. The van der Waals surface area contributed by atoms with Crippen molar-refractivity contribution in [2.45, 2.75) is 6.42 Å². The van der Waals surface area contributed by atoms with Gasteiger partial charge in [-0.15, -0.1) is 11.6 Å². The van der Waals surface area contributed by atoms with Gasteiger partial charge >= 0.3 is 0 Å². The lowest BCUT2D eigenvalue weighted by molar-refractivity contribution is 0.857. The minimum atomic E-state index is 0.720. The zero-order valence-electron chi connectivity index (χ0n) is 9.49. The number of halogens is 1. The van der Waals surface area contributed by atoms with Crippen LogP contribution in [0, 0.1) is 0 Å². The summed E-state index contributed by atoms with van der Waals surface area (Å²) in [5.74, 6) is 0.720. The van der Waals surface area contributed by atoms with E-state index in [1.54, 1.807) is 0 Å². The quantitative estimate of drug-likeness (QED) is 0.724. The first-order valence-electron chi connectivity index (χ1n) is 5.57. The van der Waals surface area contributed by atoms with Crippen molar-refractivity contribution in [1.82, 2.24) is 0 Å². The molecule has 0 unspecified atom stereocenters. The fourth-order valence-electron chi connectivity index (χ4n) is 1.84. The van der Waals surface area contributed by atoms with Crippen LogP contribution >= 0.6 is 11.6 Å². The first-order chi connectivity index (χ1) is 7.81. The Morgan fingerprint density at radius 1 is 1.06 bits per heavy atom. The van der Waals surface area contributed by atoms with Crippen LogP contribution in [0.1, 0.15) is 6.42 Å². The summed E-state index contributed by atoms with van der Waals surface area (Å²) in [7, 11) is 2.11. The number of rotatable bonds is 4. The second-order valence-corrected chi connectivity index (χ2v) is 4.37. The average Bonchev–Trinajstić information content (AvgIpc) is 2.35. The average molecular weight is 234 g/mol. The number of benzene rings is 2. The van der Waals surface area contributed by atoms with E-state index in [9.17, 15) is 0 Å². The molecule has 2 rings (SSSR count). The molecule has 0 aliphatic rings. The highest BCUT2D eigenvalue weighted by Gasteiger charge is 2.01. The van der Waals surface area contributed by atoms with Gasteiger partial charge in [0.2, 0.25) is 0 Å². The number of hydrogen-bond acceptors (Lipinski definition) is 1. The van der Waals surface area contributed by atoms with Gasteiger partial charge in [0.1, 0.15) is 0 Å². The highest BCUT2D eigenvalue weighted by molar-refractivity contribution is 6.17. The fraction of sp³-hybridized carbons (Fsp3) is 0.286. The third-order valence-corrected chi connectivity index (χ3v) is 3.07. The molecule has 0 heterocycles. The lowest BCUT2D eigenvalue weighted by atomic mass is 10.1. The molecule has 0 saturated carbocycles. The van der Waals surface area contributed by atoms with Gasteiger partial charge in [-0.05, 0) is 29.3 Å². The maximum atomic E-state index is 5.70. The van der Waals surface area contributed by atoms with Gasteiger partial charge in [-0.3, -0.25) is 0 Å². The Balaban J connectivity index is 2.25. The molecule has 0 aromatic heterocycles. The first kappa shape index (κ1) is 11.3. The molecule has 0 N–H and O–H groups in total. The van der Waals surface area contributed by atoms with E-state index in [4.69, 9.17) is 11.6 Å². The Bertz CT molecular complexity index is 467. The zero-order chi connectivity index (χ0) is 11.4. The molecule has 0 spiro atoms. The zero-order valence-corrected chi connectivity index (χ0v) is 10.2. The molecule has 0 bridgehead atoms. The van der Waals surface area contributed by atoms with Gasteiger partial charge in [0.15, 0.2) is 0 Å². The van der Waals surface area contributed by atoms with Gasteiger partial charge in [0.05, 0.1) is 0 Å². The van der Waals surface area contributed by atoms with Gasteiger partial charge < -0.3 is 4.90 Å². The van der Waals surface area contributed by atoms with Gasteiger partial charge in [-0.2, -0.15) is 0 Å². The molecule has 2 aromatic rings. The lowest BCUT2D eigenvalue weighted by Gasteiger charge is -2.19. The van der Waals surface area contributed by atoms with Gasteiger partial charge in [0.25, 0.3) is 0 Å². The topological polar surface area (TPSA) is 3.24 Å². The van der Waals surface area contributed by atoms with E-state index >= 15 is 0 Å². The molecule has 16 heavy (non-hydrogen) atoms. The molecule has 0 aliphatic heterocycles. The van der Waals surface area contributed by atoms with Crippen molar-refractivity contribution >= 4 is 28.1 Å². The molecule has 1 nitrogen and oxygen atoms in total. The predicted molar refractivity (Wildman–Crippen MR) is 72.6 cm³/mol. The third kappa shape index (κ3) is 2.48. The Labute approximate surface area is 102 Å². The Kier molecular flexibility index (Phi) is 3.68. The van der Waals surface area contributed by atoms with Crippen LogP contribution in [0.15, 0.2) is 42.5 Å². The smallest absolute Gasteiger partial charge is 0.0370 e. The standard InChI is InChI=1S/C14H16ClN/c1-16(10-4-9-15)14-8-7-12-5-2-3-6-13(12)11-14/h2-3,5-8,11H,4,9-10H2,1H3. The molecule has 0 amide bonds. The van der Waals surface area contributed by atoms with Crippen molar-refractivity contribution in [3.05, 3.63) is 42.5 Å². The summed E-state index contributed by atoms with van der Waals surface area (Å²) in [6.45, 7) is 1.00. The van der Waals surface area contributed by atoms with Crippen LogP contribution in [-0.4, -0.2) is 19.5 Å². The molecule has 0 atom stereocenters. The molecular formula is C14H16ClN. The van der Waals surface area contributed by atoms with Crippen LogP contribution in [0.5, 0.6) is 0 Å². The van der Waals surface area contributed by atoms with Gasteiger partial charge in [0, 0.05) is 25.2 Å². The van der Waals surface area contributed by atoms with Crippen molar-refractivity contribution in [2.24, 2.45) is 0 Å². The van der Waals surface area contributed by atoms with E-state index in [0.717, 1.165) is 18.8 Å². The fourth-order valence-corrected chi connectivity index (χ4v) is 1.96. The molecule has 0 aliphatic carbocycles. The van der Waals surface area contributed by atoms with Crippen molar-refractivity contribution in [3.8, 4) is 0 Å². The van der Waals surface area contributed by atoms with Crippen LogP contribution in [0.3, 0.4) is 0 Å². The minimum Gasteiger partial charge on any atom is -0.375 e. The van der Waals surface area contributed by atoms with Crippen LogP contribution < -0.4 is 4.90 Å². The van der Waals surface area contributed by atoms with E-state index in [2.05, 4.69) is 54.4 Å². The van der Waals surface area contributed by atoms with Crippen molar-refractivity contribution < 1.29 is 0 Å². The molecule has 0 fully saturated rings. The number of anilines is 1. The molecular weight excluding hydrogens is 218 g/mol. The summed E-state index contributed by atoms with van der Waals surface area (Å²) < 4.78 is 0. The van der Waals surface area contributed by atoms with E-state index in [-0.39, 0.29) is 0 Å². The Morgan fingerprint density at radius 2 is 1.81 bits per heavy atom. The van der Waals surface area contributed by atoms with Crippen molar-refractivity contribution in [2.75, 3.05) is 24.4 Å². The van der Waals surface area contributed by atoms with E-state index < -0.39 is 0 Å². The van der Waals surface area contributed by atoms with Gasteiger partial charge in [-0.1, -0.05) is 30.3 Å². The highest BCUT2D eigenvalue weighted by atomic mass is 35.5. The van der Waals surface area contributed by atoms with Crippen LogP contribution in [0.4, 0.5) is 5.69 Å². The SMILES string of the molecule is CN(CCCCl)c1ccc2ccccc2c1. The highest BCUT2D eigenvalue weighted by Crippen LogP contribution is 2.21. The van der Waals surface area contributed by atoms with E-state index in [1.165, 1.54) is 16.5 Å². The van der Waals surface area contributed by atoms with Crippen molar-refractivity contribution in [3.63, 3.8) is 0 Å². The second-order valence-electron chi connectivity index (χ2n) is 4.00. The first-order valence-corrected chi connectivity index (χ1v) is 6.10. The maximum Gasteiger partial charge on any atom is 0.0370 e. The summed E-state index contributed by atoms with van der Waals surface area (Å²) in [6, 6.07) is 15.0. The summed E-state index contributed by atoms with van der Waals surface area (Å²) in [5, 5.41) is 2.58. The second kappa shape index (κ2) is 5.22. The van der Waals surface area contributed by atoms with Crippen molar-refractivity contribution in [1.29, 1.82) is 0 Å².